The van der Waals surface area contributed by atoms with Crippen LogP contribution in [0.1, 0.15) is 10.4 Å². The molecular formula is C13H13N3O3. The number of benzene rings is 2. The smallest absolute Gasteiger partial charge is 0.259 e. The van der Waals surface area contributed by atoms with Gasteiger partial charge in [0.05, 0.1) is 11.3 Å². The molecule has 0 saturated carbocycles. The number of rotatable bonds is 2. The Kier molecular flexibility index (Phi) is 3.15. The highest BCUT2D eigenvalue weighted by molar-refractivity contribution is 6.07. The summed E-state index contributed by atoms with van der Waals surface area (Å²) in [6.07, 6.45) is 0. The zero-order chi connectivity index (χ0) is 14.0. The van der Waals surface area contributed by atoms with Gasteiger partial charge in [-0.2, -0.15) is 0 Å². The Bertz CT molecular complexity index is 641. The maximum atomic E-state index is 11.9. The number of carbonyl (C=O) groups excluding carboxylic acids is 1. The minimum atomic E-state index is -0.558. The van der Waals surface area contributed by atoms with Crippen LogP contribution in [0.3, 0.4) is 0 Å². The molecule has 0 fully saturated rings. The Balaban J connectivity index is 2.25. The van der Waals surface area contributed by atoms with Crippen molar-refractivity contribution in [2.75, 3.05) is 16.8 Å². The van der Waals surface area contributed by atoms with Crippen LogP contribution in [-0.2, 0) is 0 Å². The lowest BCUT2D eigenvalue weighted by molar-refractivity contribution is 0.102. The molecule has 0 aromatic heterocycles. The summed E-state index contributed by atoms with van der Waals surface area (Å²) in [7, 11) is 0. The van der Waals surface area contributed by atoms with E-state index in [1.54, 1.807) is 0 Å². The van der Waals surface area contributed by atoms with Crippen molar-refractivity contribution in [1.82, 2.24) is 0 Å². The van der Waals surface area contributed by atoms with E-state index >= 15 is 0 Å². The summed E-state index contributed by atoms with van der Waals surface area (Å²) >= 11 is 0. The van der Waals surface area contributed by atoms with Crippen molar-refractivity contribution in [1.29, 1.82) is 0 Å². The van der Waals surface area contributed by atoms with Crippen LogP contribution in [0.4, 0.5) is 17.1 Å². The summed E-state index contributed by atoms with van der Waals surface area (Å²) in [5.74, 6) is -0.937. The number of aromatic hydroxyl groups is 2. The molecule has 2 aromatic carbocycles. The normalized spacial score (nSPS) is 10.1. The summed E-state index contributed by atoms with van der Waals surface area (Å²) in [4.78, 5) is 11.9. The van der Waals surface area contributed by atoms with Crippen LogP contribution in [0.5, 0.6) is 11.5 Å². The molecule has 7 N–H and O–H groups in total. The second kappa shape index (κ2) is 4.77. The highest BCUT2D eigenvalue weighted by Gasteiger charge is 2.13. The minimum absolute atomic E-state index is 0.0606. The zero-order valence-corrected chi connectivity index (χ0v) is 9.92. The molecule has 2 aromatic rings. The summed E-state index contributed by atoms with van der Waals surface area (Å²) in [5.41, 5.74) is 12.0. The first-order valence-electron chi connectivity index (χ1n) is 5.45. The molecule has 0 aliphatic carbocycles. The maximum absolute atomic E-state index is 11.9. The third kappa shape index (κ3) is 2.68. The fraction of sp³-hybridized carbons (Fsp3) is 0. The molecule has 0 saturated heterocycles. The highest BCUT2D eigenvalue weighted by atomic mass is 16.3. The monoisotopic (exact) mass is 259 g/mol. The van der Waals surface area contributed by atoms with Gasteiger partial charge in [0.1, 0.15) is 11.5 Å². The van der Waals surface area contributed by atoms with Gasteiger partial charge in [-0.3, -0.25) is 4.79 Å². The molecule has 98 valence electrons. The minimum Gasteiger partial charge on any atom is -0.507 e. The number of carbonyl (C=O) groups is 1. The van der Waals surface area contributed by atoms with E-state index in [0.717, 1.165) is 0 Å². The molecule has 0 aliphatic rings. The van der Waals surface area contributed by atoms with E-state index in [9.17, 15) is 15.0 Å². The van der Waals surface area contributed by atoms with Gasteiger partial charge in [0.25, 0.3) is 5.91 Å². The molecule has 0 spiro atoms. The number of anilines is 3. The third-order valence-corrected chi connectivity index (χ3v) is 2.54. The van der Waals surface area contributed by atoms with Gasteiger partial charge in [-0.1, -0.05) is 0 Å². The molecular weight excluding hydrogens is 246 g/mol. The molecule has 0 bridgehead atoms. The lowest BCUT2D eigenvalue weighted by Gasteiger charge is -2.09. The van der Waals surface area contributed by atoms with E-state index in [2.05, 4.69) is 5.32 Å². The highest BCUT2D eigenvalue weighted by Crippen LogP contribution is 2.27. The average molecular weight is 259 g/mol. The van der Waals surface area contributed by atoms with Crippen LogP contribution in [0.25, 0.3) is 0 Å². The largest absolute Gasteiger partial charge is 0.507 e. The van der Waals surface area contributed by atoms with E-state index in [-0.39, 0.29) is 22.7 Å². The Morgan fingerprint density at radius 1 is 0.947 bits per heavy atom. The number of phenols is 2. The molecule has 1 amide bonds. The van der Waals surface area contributed by atoms with E-state index in [1.807, 2.05) is 0 Å². The Hall–Kier alpha value is -2.89. The predicted molar refractivity (Wildman–Crippen MR) is 73.0 cm³/mol. The van der Waals surface area contributed by atoms with E-state index in [4.69, 9.17) is 11.5 Å². The van der Waals surface area contributed by atoms with Crippen LogP contribution in [0, 0.1) is 0 Å². The lowest BCUT2D eigenvalue weighted by atomic mass is 10.1. The topological polar surface area (TPSA) is 122 Å². The van der Waals surface area contributed by atoms with Crippen LogP contribution in [0.15, 0.2) is 36.4 Å². The van der Waals surface area contributed by atoms with Crippen LogP contribution < -0.4 is 16.8 Å². The Morgan fingerprint density at radius 3 is 2.11 bits per heavy atom. The quantitative estimate of drug-likeness (QED) is 0.413. The second-order valence-corrected chi connectivity index (χ2v) is 4.01. The number of nitrogens with two attached hydrogens (primary N) is 2. The summed E-state index contributed by atoms with van der Waals surface area (Å²) in [5, 5.41) is 21.7. The Morgan fingerprint density at radius 2 is 1.53 bits per heavy atom. The predicted octanol–water partition coefficient (Wildman–Crippen LogP) is 1.51. The molecule has 0 aliphatic heterocycles. The lowest BCUT2D eigenvalue weighted by Crippen LogP contribution is -2.12. The standard InChI is InChI=1S/C13H13N3O3/c14-7-1-3-9(11(17)5-7)13(19)16-10-4-2-8(15)6-12(10)18/h1-6,17-18H,14-15H2,(H,16,19). The van der Waals surface area contributed by atoms with Gasteiger partial charge in [0.2, 0.25) is 0 Å². The SMILES string of the molecule is Nc1ccc(NC(=O)c2ccc(N)cc2O)c(O)c1. The number of phenolic OH excluding ortho intramolecular Hbond substituents is 2. The van der Waals surface area contributed by atoms with Crippen molar-refractivity contribution in [3.8, 4) is 11.5 Å². The Labute approximate surface area is 109 Å². The number of hydrogen-bond acceptors (Lipinski definition) is 5. The fourth-order valence-electron chi connectivity index (χ4n) is 1.58. The molecule has 19 heavy (non-hydrogen) atoms. The maximum Gasteiger partial charge on any atom is 0.259 e. The summed E-state index contributed by atoms with van der Waals surface area (Å²) in [6.45, 7) is 0. The van der Waals surface area contributed by atoms with Crippen LogP contribution >= 0.6 is 0 Å². The van der Waals surface area contributed by atoms with Crippen LogP contribution in [-0.4, -0.2) is 16.1 Å². The molecule has 6 nitrogen and oxygen atoms in total. The second-order valence-electron chi connectivity index (χ2n) is 4.01. The van der Waals surface area contributed by atoms with Crippen LogP contribution in [0.2, 0.25) is 0 Å². The van der Waals surface area contributed by atoms with Gasteiger partial charge in [0, 0.05) is 23.5 Å². The molecule has 0 atom stereocenters. The van der Waals surface area contributed by atoms with Gasteiger partial charge < -0.3 is 27.0 Å². The number of hydrogen-bond donors (Lipinski definition) is 5. The first kappa shape index (κ1) is 12.6. The summed E-state index contributed by atoms with van der Waals surface area (Å²) < 4.78 is 0. The van der Waals surface area contributed by atoms with Gasteiger partial charge >= 0.3 is 0 Å². The number of amides is 1. The van der Waals surface area contributed by atoms with E-state index in [1.165, 1.54) is 36.4 Å². The van der Waals surface area contributed by atoms with Crippen molar-refractivity contribution in [3.63, 3.8) is 0 Å². The van der Waals surface area contributed by atoms with Crippen molar-refractivity contribution in [2.24, 2.45) is 0 Å². The number of nitrogen functional groups attached to an aromatic ring is 2. The molecule has 0 unspecified atom stereocenters. The molecule has 6 heteroatoms. The number of nitrogens with one attached hydrogen (secondary N) is 1. The van der Waals surface area contributed by atoms with Crippen molar-refractivity contribution >= 4 is 23.0 Å². The molecule has 0 heterocycles. The average Bonchev–Trinajstić information content (AvgIpc) is 2.32. The van der Waals surface area contributed by atoms with Gasteiger partial charge in [-0.05, 0) is 24.3 Å². The fourth-order valence-corrected chi connectivity index (χ4v) is 1.58. The summed E-state index contributed by atoms with van der Waals surface area (Å²) in [6, 6.07) is 8.50. The van der Waals surface area contributed by atoms with Gasteiger partial charge in [-0.25, -0.2) is 0 Å². The van der Waals surface area contributed by atoms with Gasteiger partial charge in [0.15, 0.2) is 0 Å². The van der Waals surface area contributed by atoms with E-state index < -0.39 is 5.91 Å². The van der Waals surface area contributed by atoms with E-state index in [0.29, 0.717) is 11.4 Å². The van der Waals surface area contributed by atoms with Crippen molar-refractivity contribution in [3.05, 3.63) is 42.0 Å². The van der Waals surface area contributed by atoms with Crippen molar-refractivity contribution < 1.29 is 15.0 Å². The molecule has 2 rings (SSSR count). The zero-order valence-electron chi connectivity index (χ0n) is 9.92. The first-order chi connectivity index (χ1) is 8.97. The third-order valence-electron chi connectivity index (χ3n) is 2.54. The van der Waals surface area contributed by atoms with Crippen molar-refractivity contribution in [2.45, 2.75) is 0 Å². The first-order valence-corrected chi connectivity index (χ1v) is 5.45. The van der Waals surface area contributed by atoms with Gasteiger partial charge in [-0.15, -0.1) is 0 Å². The molecule has 0 radical (unpaired) electrons.